The Kier molecular flexibility index (Phi) is 1.92. The van der Waals surface area contributed by atoms with E-state index in [1.165, 1.54) is 18.4 Å². The maximum absolute atomic E-state index is 5.33. The van der Waals surface area contributed by atoms with Crippen LogP contribution in [0, 0.1) is 17.6 Å². The van der Waals surface area contributed by atoms with E-state index in [2.05, 4.69) is 21.5 Å². The second-order valence-electron chi connectivity index (χ2n) is 4.31. The molecule has 1 aliphatic carbocycles. The van der Waals surface area contributed by atoms with E-state index in [-0.39, 0.29) is 0 Å². The number of hydrogen-bond donors (Lipinski definition) is 1. The van der Waals surface area contributed by atoms with Crippen LogP contribution >= 0.6 is 12.2 Å². The molecule has 0 saturated heterocycles. The average Bonchev–Trinajstić information content (AvgIpc) is 2.96. The van der Waals surface area contributed by atoms with E-state index in [9.17, 15) is 0 Å². The molecular weight excluding hydrogens is 206 g/mol. The molecule has 2 heterocycles. The van der Waals surface area contributed by atoms with Crippen molar-refractivity contribution in [2.24, 2.45) is 5.92 Å². The van der Waals surface area contributed by atoms with Crippen molar-refractivity contribution in [2.45, 2.75) is 26.3 Å². The smallest absolute Gasteiger partial charge is 0.179 e. The largest absolute Gasteiger partial charge is 0.329 e. The molecule has 2 aromatic heterocycles. The van der Waals surface area contributed by atoms with Crippen molar-refractivity contribution in [3.63, 3.8) is 0 Å². The molecule has 0 amide bonds. The summed E-state index contributed by atoms with van der Waals surface area (Å²) in [6.45, 7) is 3.10. The summed E-state index contributed by atoms with van der Waals surface area (Å²) in [5.74, 6) is 0.818. The van der Waals surface area contributed by atoms with Gasteiger partial charge in [0.1, 0.15) is 0 Å². The third-order valence-corrected chi connectivity index (χ3v) is 3.33. The molecule has 78 valence electrons. The number of aromatic nitrogens is 3. The lowest BCUT2D eigenvalue weighted by atomic mass is 10.3. The molecule has 1 N–H and O–H groups in total. The molecule has 0 radical (unpaired) electrons. The predicted octanol–water partition coefficient (Wildman–Crippen LogP) is 2.81. The molecule has 3 nitrogen and oxygen atoms in total. The Morgan fingerprint density at radius 1 is 1.60 bits per heavy atom. The Balaban J connectivity index is 2.22. The zero-order valence-corrected chi connectivity index (χ0v) is 9.47. The van der Waals surface area contributed by atoms with Crippen LogP contribution < -0.4 is 0 Å². The summed E-state index contributed by atoms with van der Waals surface area (Å²) in [4.78, 5) is 7.65. The average molecular weight is 219 g/mol. The van der Waals surface area contributed by atoms with Crippen LogP contribution in [0.25, 0.3) is 11.2 Å². The lowest BCUT2D eigenvalue weighted by Gasteiger charge is -2.01. The van der Waals surface area contributed by atoms with Gasteiger partial charge in [0.2, 0.25) is 0 Å². The summed E-state index contributed by atoms with van der Waals surface area (Å²) >= 11 is 5.33. The molecule has 0 atom stereocenters. The fourth-order valence-electron chi connectivity index (χ4n) is 1.90. The van der Waals surface area contributed by atoms with Crippen LogP contribution in [-0.4, -0.2) is 14.5 Å². The van der Waals surface area contributed by atoms with Crippen LogP contribution in [0.5, 0.6) is 0 Å². The maximum Gasteiger partial charge on any atom is 0.179 e. The number of nitrogens with zero attached hydrogens (tertiary/aromatic N) is 2. The number of nitrogens with one attached hydrogen (secondary N) is 1. The second kappa shape index (κ2) is 3.17. The summed E-state index contributed by atoms with van der Waals surface area (Å²) in [5, 5.41) is 0. The number of fused-ring (bicyclic) bond motifs is 1. The van der Waals surface area contributed by atoms with Crippen molar-refractivity contribution < 1.29 is 0 Å². The van der Waals surface area contributed by atoms with Crippen LogP contribution in [0.3, 0.4) is 0 Å². The van der Waals surface area contributed by atoms with E-state index < -0.39 is 0 Å². The van der Waals surface area contributed by atoms with Gasteiger partial charge in [-0.3, -0.25) is 0 Å². The minimum Gasteiger partial charge on any atom is -0.329 e. The van der Waals surface area contributed by atoms with E-state index >= 15 is 0 Å². The van der Waals surface area contributed by atoms with Gasteiger partial charge in [0.15, 0.2) is 10.4 Å². The van der Waals surface area contributed by atoms with Crippen LogP contribution in [0.1, 0.15) is 18.4 Å². The summed E-state index contributed by atoms with van der Waals surface area (Å²) < 4.78 is 2.94. The maximum atomic E-state index is 5.33. The minimum atomic E-state index is 0.804. The molecule has 0 unspecified atom stereocenters. The highest BCUT2D eigenvalue weighted by molar-refractivity contribution is 7.71. The SMILES string of the molecule is Cc1ccnc2c1[nH]c(=S)n2CC1CC1. The highest BCUT2D eigenvalue weighted by Gasteiger charge is 2.23. The van der Waals surface area contributed by atoms with E-state index in [1.54, 1.807) is 0 Å². The fraction of sp³-hybridized carbons (Fsp3) is 0.455. The van der Waals surface area contributed by atoms with Gasteiger partial charge in [-0.1, -0.05) is 0 Å². The van der Waals surface area contributed by atoms with E-state index in [0.717, 1.165) is 28.4 Å². The lowest BCUT2D eigenvalue weighted by molar-refractivity contribution is 0.631. The Hall–Kier alpha value is -1.16. The van der Waals surface area contributed by atoms with Crippen molar-refractivity contribution in [1.82, 2.24) is 14.5 Å². The number of rotatable bonds is 2. The molecule has 0 aromatic carbocycles. The van der Waals surface area contributed by atoms with Gasteiger partial charge in [0.25, 0.3) is 0 Å². The van der Waals surface area contributed by atoms with Crippen molar-refractivity contribution >= 4 is 23.4 Å². The molecule has 1 aliphatic rings. The van der Waals surface area contributed by atoms with Crippen molar-refractivity contribution in [3.8, 4) is 0 Å². The van der Waals surface area contributed by atoms with Crippen LogP contribution in [0.2, 0.25) is 0 Å². The monoisotopic (exact) mass is 219 g/mol. The van der Waals surface area contributed by atoms with E-state index in [1.807, 2.05) is 12.3 Å². The van der Waals surface area contributed by atoms with Gasteiger partial charge in [0.05, 0.1) is 5.52 Å². The Labute approximate surface area is 93.1 Å². The number of aryl methyl sites for hydroxylation is 1. The number of H-pyrrole nitrogens is 1. The first kappa shape index (κ1) is 9.09. The first-order chi connectivity index (χ1) is 7.25. The molecule has 1 fully saturated rings. The van der Waals surface area contributed by atoms with Gasteiger partial charge in [-0.05, 0) is 49.5 Å². The van der Waals surface area contributed by atoms with Gasteiger partial charge < -0.3 is 9.55 Å². The molecule has 3 rings (SSSR count). The van der Waals surface area contributed by atoms with Crippen LogP contribution in [0.4, 0.5) is 0 Å². The Morgan fingerprint density at radius 3 is 3.13 bits per heavy atom. The molecule has 2 aromatic rings. The first-order valence-electron chi connectivity index (χ1n) is 5.30. The van der Waals surface area contributed by atoms with Crippen molar-refractivity contribution in [2.75, 3.05) is 0 Å². The highest BCUT2D eigenvalue weighted by Crippen LogP contribution is 2.31. The Morgan fingerprint density at radius 2 is 2.40 bits per heavy atom. The quantitative estimate of drug-likeness (QED) is 0.788. The van der Waals surface area contributed by atoms with Crippen LogP contribution in [-0.2, 0) is 6.54 Å². The van der Waals surface area contributed by atoms with E-state index in [4.69, 9.17) is 12.2 Å². The zero-order valence-electron chi connectivity index (χ0n) is 8.66. The van der Waals surface area contributed by atoms with Gasteiger partial charge in [-0.2, -0.15) is 0 Å². The van der Waals surface area contributed by atoms with Crippen LogP contribution in [0.15, 0.2) is 12.3 Å². The van der Waals surface area contributed by atoms with Gasteiger partial charge in [-0.15, -0.1) is 0 Å². The Bertz CT molecular complexity index is 563. The molecule has 4 heteroatoms. The molecule has 0 bridgehead atoms. The fourth-order valence-corrected chi connectivity index (χ4v) is 2.16. The standard InChI is InChI=1S/C11H13N3S/c1-7-4-5-12-10-9(7)13-11(15)14(10)6-8-2-3-8/h4-5,8H,2-3,6H2,1H3,(H,13,15). The van der Waals surface area contributed by atoms with Crippen molar-refractivity contribution in [3.05, 3.63) is 22.6 Å². The number of hydrogen-bond acceptors (Lipinski definition) is 2. The van der Waals surface area contributed by atoms with E-state index in [0.29, 0.717) is 0 Å². The molecular formula is C11H13N3S. The predicted molar refractivity (Wildman–Crippen MR) is 62.4 cm³/mol. The normalized spacial score (nSPS) is 16.1. The third kappa shape index (κ3) is 1.49. The third-order valence-electron chi connectivity index (χ3n) is 3.01. The summed E-state index contributed by atoms with van der Waals surface area (Å²) in [7, 11) is 0. The molecule has 0 aliphatic heterocycles. The summed E-state index contributed by atoms with van der Waals surface area (Å²) in [5.41, 5.74) is 3.30. The summed E-state index contributed by atoms with van der Waals surface area (Å²) in [6, 6.07) is 2.01. The van der Waals surface area contributed by atoms with Gasteiger partial charge >= 0.3 is 0 Å². The van der Waals surface area contributed by atoms with Gasteiger partial charge in [0, 0.05) is 12.7 Å². The molecule has 0 spiro atoms. The molecule has 15 heavy (non-hydrogen) atoms. The molecule has 1 saturated carbocycles. The lowest BCUT2D eigenvalue weighted by Crippen LogP contribution is -2.00. The minimum absolute atomic E-state index is 0.804. The number of pyridine rings is 1. The zero-order chi connectivity index (χ0) is 10.4. The van der Waals surface area contributed by atoms with Gasteiger partial charge in [-0.25, -0.2) is 4.98 Å². The summed E-state index contributed by atoms with van der Waals surface area (Å²) in [6.07, 6.45) is 4.52. The first-order valence-corrected chi connectivity index (χ1v) is 5.70. The topological polar surface area (TPSA) is 33.6 Å². The number of imidazole rings is 1. The second-order valence-corrected chi connectivity index (χ2v) is 4.70. The highest BCUT2D eigenvalue weighted by atomic mass is 32.1. The number of aromatic amines is 1. The van der Waals surface area contributed by atoms with Crippen molar-refractivity contribution in [1.29, 1.82) is 0 Å².